The number of ether oxygens (including phenoxy) is 1. The summed E-state index contributed by atoms with van der Waals surface area (Å²) >= 11 is 0. The SMILES string of the molecule is Fc1ccc(C=NNc2ccccc2)c(OCc2ccc(F)c(F)c2)c1. The fourth-order valence-electron chi connectivity index (χ4n) is 2.22. The van der Waals surface area contributed by atoms with E-state index in [1.54, 1.807) is 0 Å². The molecule has 3 rings (SSSR count). The van der Waals surface area contributed by atoms with Crippen LogP contribution in [-0.2, 0) is 6.61 Å². The number of hydrazone groups is 1. The fourth-order valence-corrected chi connectivity index (χ4v) is 2.22. The summed E-state index contributed by atoms with van der Waals surface area (Å²) in [5, 5.41) is 4.10. The van der Waals surface area contributed by atoms with Gasteiger partial charge in [-0.15, -0.1) is 0 Å². The van der Waals surface area contributed by atoms with Crippen molar-refractivity contribution < 1.29 is 17.9 Å². The number of nitrogens with one attached hydrogen (secondary N) is 1. The number of hydrogen-bond acceptors (Lipinski definition) is 3. The van der Waals surface area contributed by atoms with Crippen molar-refractivity contribution >= 4 is 11.9 Å². The van der Waals surface area contributed by atoms with Crippen LogP contribution in [0.25, 0.3) is 0 Å². The van der Waals surface area contributed by atoms with E-state index in [0.717, 1.165) is 17.8 Å². The van der Waals surface area contributed by atoms with Crippen LogP contribution in [0.2, 0.25) is 0 Å². The molecule has 0 unspecified atom stereocenters. The molecule has 0 aromatic heterocycles. The van der Waals surface area contributed by atoms with Gasteiger partial charge in [-0.3, -0.25) is 5.43 Å². The van der Waals surface area contributed by atoms with E-state index in [9.17, 15) is 13.2 Å². The number of nitrogens with zero attached hydrogens (tertiary/aromatic N) is 1. The minimum atomic E-state index is -0.959. The lowest BCUT2D eigenvalue weighted by Gasteiger charge is -2.10. The summed E-state index contributed by atoms with van der Waals surface area (Å²) in [7, 11) is 0. The molecule has 0 radical (unpaired) electrons. The topological polar surface area (TPSA) is 33.6 Å². The number of para-hydroxylation sites is 1. The van der Waals surface area contributed by atoms with E-state index in [1.807, 2.05) is 30.3 Å². The van der Waals surface area contributed by atoms with E-state index in [4.69, 9.17) is 4.74 Å². The molecule has 26 heavy (non-hydrogen) atoms. The number of hydrogen-bond donors (Lipinski definition) is 1. The molecule has 0 fully saturated rings. The smallest absolute Gasteiger partial charge is 0.159 e. The molecule has 0 bridgehead atoms. The first-order valence-corrected chi connectivity index (χ1v) is 7.82. The third kappa shape index (κ3) is 4.63. The van der Waals surface area contributed by atoms with Crippen LogP contribution >= 0.6 is 0 Å². The highest BCUT2D eigenvalue weighted by Crippen LogP contribution is 2.20. The summed E-state index contributed by atoms with van der Waals surface area (Å²) < 4.78 is 45.3. The zero-order chi connectivity index (χ0) is 18.4. The van der Waals surface area contributed by atoms with Gasteiger partial charge < -0.3 is 4.74 Å². The summed E-state index contributed by atoms with van der Waals surface area (Å²) in [5.74, 6) is -2.12. The Bertz CT molecular complexity index is 914. The molecular formula is C20H15F3N2O. The molecule has 3 nitrogen and oxygen atoms in total. The molecule has 0 aliphatic carbocycles. The van der Waals surface area contributed by atoms with Gasteiger partial charge in [0, 0.05) is 11.6 Å². The van der Waals surface area contributed by atoms with Crippen molar-refractivity contribution in [3.8, 4) is 5.75 Å². The maximum Gasteiger partial charge on any atom is 0.159 e. The monoisotopic (exact) mass is 356 g/mol. The van der Waals surface area contributed by atoms with Crippen LogP contribution in [0.3, 0.4) is 0 Å². The van der Waals surface area contributed by atoms with Crippen LogP contribution < -0.4 is 10.2 Å². The zero-order valence-electron chi connectivity index (χ0n) is 13.6. The summed E-state index contributed by atoms with van der Waals surface area (Å²) in [6.07, 6.45) is 1.49. The van der Waals surface area contributed by atoms with Crippen LogP contribution in [0.1, 0.15) is 11.1 Å². The third-order valence-electron chi connectivity index (χ3n) is 3.53. The number of halogens is 3. The van der Waals surface area contributed by atoms with E-state index in [0.29, 0.717) is 11.1 Å². The first-order valence-electron chi connectivity index (χ1n) is 7.82. The lowest BCUT2D eigenvalue weighted by Crippen LogP contribution is -2.01. The van der Waals surface area contributed by atoms with Gasteiger partial charge in [0.05, 0.1) is 11.9 Å². The predicted octanol–water partition coefficient (Wildman–Crippen LogP) is 5.13. The van der Waals surface area contributed by atoms with Gasteiger partial charge in [0.1, 0.15) is 18.2 Å². The maximum absolute atomic E-state index is 13.5. The second kappa shape index (κ2) is 8.20. The van der Waals surface area contributed by atoms with Gasteiger partial charge in [0.25, 0.3) is 0 Å². The second-order valence-corrected chi connectivity index (χ2v) is 5.46. The molecule has 3 aromatic rings. The van der Waals surface area contributed by atoms with Gasteiger partial charge in [-0.25, -0.2) is 13.2 Å². The summed E-state index contributed by atoms with van der Waals surface area (Å²) in [4.78, 5) is 0. The lowest BCUT2D eigenvalue weighted by atomic mass is 10.2. The Hall–Kier alpha value is -3.28. The molecule has 0 atom stereocenters. The molecule has 3 aromatic carbocycles. The summed E-state index contributed by atoms with van der Waals surface area (Å²) in [6, 6.07) is 16.8. The second-order valence-electron chi connectivity index (χ2n) is 5.46. The van der Waals surface area contributed by atoms with Crippen LogP contribution in [0.15, 0.2) is 71.8 Å². The van der Waals surface area contributed by atoms with Crippen LogP contribution in [0, 0.1) is 17.5 Å². The van der Waals surface area contributed by atoms with Gasteiger partial charge in [0.2, 0.25) is 0 Å². The molecule has 1 N–H and O–H groups in total. The fraction of sp³-hybridized carbons (Fsp3) is 0.0500. The number of anilines is 1. The standard InChI is InChI=1S/C20H15F3N2O/c21-16-8-7-15(12-24-25-17-4-2-1-3-5-17)20(11-16)26-13-14-6-9-18(22)19(23)10-14/h1-12,25H,13H2. The predicted molar refractivity (Wildman–Crippen MR) is 94.7 cm³/mol. The van der Waals surface area contributed by atoms with Crippen molar-refractivity contribution in [1.29, 1.82) is 0 Å². The van der Waals surface area contributed by atoms with Crippen molar-refractivity contribution in [2.24, 2.45) is 5.10 Å². The van der Waals surface area contributed by atoms with Crippen LogP contribution in [0.5, 0.6) is 5.75 Å². The minimum absolute atomic E-state index is 0.0341. The van der Waals surface area contributed by atoms with Crippen molar-refractivity contribution in [3.05, 3.63) is 95.3 Å². The van der Waals surface area contributed by atoms with Gasteiger partial charge in [-0.2, -0.15) is 5.10 Å². The Labute approximate surface area is 148 Å². The molecule has 0 amide bonds. The molecule has 0 heterocycles. The van der Waals surface area contributed by atoms with Crippen LogP contribution in [0.4, 0.5) is 18.9 Å². The van der Waals surface area contributed by atoms with Crippen molar-refractivity contribution in [2.75, 3.05) is 5.43 Å². The highest BCUT2D eigenvalue weighted by atomic mass is 19.2. The van der Waals surface area contributed by atoms with E-state index < -0.39 is 17.5 Å². The molecule has 0 aliphatic rings. The van der Waals surface area contributed by atoms with E-state index in [2.05, 4.69) is 10.5 Å². The highest BCUT2D eigenvalue weighted by Gasteiger charge is 2.07. The molecule has 0 saturated heterocycles. The van der Waals surface area contributed by atoms with Crippen molar-refractivity contribution in [2.45, 2.75) is 6.61 Å². The Morgan fingerprint density at radius 1 is 0.885 bits per heavy atom. The third-order valence-corrected chi connectivity index (χ3v) is 3.53. The highest BCUT2D eigenvalue weighted by molar-refractivity contribution is 5.84. The van der Waals surface area contributed by atoms with Crippen molar-refractivity contribution in [3.63, 3.8) is 0 Å². The van der Waals surface area contributed by atoms with E-state index >= 15 is 0 Å². The molecular weight excluding hydrogens is 341 g/mol. The molecule has 0 spiro atoms. The van der Waals surface area contributed by atoms with E-state index in [-0.39, 0.29) is 12.4 Å². The normalized spacial score (nSPS) is 10.9. The molecule has 6 heteroatoms. The molecule has 0 aliphatic heterocycles. The maximum atomic E-state index is 13.5. The number of rotatable bonds is 6. The van der Waals surface area contributed by atoms with Crippen molar-refractivity contribution in [1.82, 2.24) is 0 Å². The lowest BCUT2D eigenvalue weighted by molar-refractivity contribution is 0.303. The number of benzene rings is 3. The Morgan fingerprint density at radius 2 is 1.69 bits per heavy atom. The van der Waals surface area contributed by atoms with Gasteiger partial charge in [-0.05, 0) is 42.0 Å². The van der Waals surface area contributed by atoms with Gasteiger partial charge >= 0.3 is 0 Å². The van der Waals surface area contributed by atoms with Gasteiger partial charge in [-0.1, -0.05) is 24.3 Å². The average molecular weight is 356 g/mol. The Balaban J connectivity index is 1.72. The Morgan fingerprint density at radius 3 is 2.46 bits per heavy atom. The molecule has 0 saturated carbocycles. The first kappa shape index (κ1) is 17.5. The molecule has 132 valence electrons. The first-order chi connectivity index (χ1) is 12.6. The zero-order valence-corrected chi connectivity index (χ0v) is 13.6. The largest absolute Gasteiger partial charge is 0.488 e. The minimum Gasteiger partial charge on any atom is -0.488 e. The summed E-state index contributed by atoms with van der Waals surface area (Å²) in [6.45, 7) is -0.0341. The quantitative estimate of drug-likeness (QED) is 0.491. The van der Waals surface area contributed by atoms with E-state index in [1.165, 1.54) is 30.5 Å². The summed E-state index contributed by atoms with van der Waals surface area (Å²) in [5.41, 5.74) is 4.62. The average Bonchev–Trinajstić information content (AvgIpc) is 2.65. The van der Waals surface area contributed by atoms with Gasteiger partial charge in [0.15, 0.2) is 11.6 Å². The Kier molecular flexibility index (Phi) is 5.53. The van der Waals surface area contributed by atoms with Crippen LogP contribution in [-0.4, -0.2) is 6.21 Å².